The van der Waals surface area contributed by atoms with Gasteiger partial charge in [0.05, 0.1) is 12.6 Å². The van der Waals surface area contributed by atoms with Crippen LogP contribution in [0.25, 0.3) is 0 Å². The number of aromatic nitrogens is 2. The molecule has 0 aromatic carbocycles. The first-order valence-corrected chi connectivity index (χ1v) is 7.90. The summed E-state index contributed by atoms with van der Waals surface area (Å²) in [5, 5.41) is 0. The summed E-state index contributed by atoms with van der Waals surface area (Å²) in [5.41, 5.74) is 5.91. The largest absolute Gasteiger partial charge is 0.478 e. The number of rotatable bonds is 6. The predicted octanol–water partition coefficient (Wildman–Crippen LogP) is 0.651. The topological polar surface area (TPSA) is 84.6 Å². The van der Waals surface area contributed by atoms with Crippen LogP contribution < -0.4 is 15.4 Å². The third-order valence-electron chi connectivity index (χ3n) is 3.70. The van der Waals surface area contributed by atoms with E-state index >= 15 is 0 Å². The second-order valence-corrected chi connectivity index (χ2v) is 5.34. The van der Waals surface area contributed by atoms with Crippen molar-refractivity contribution in [2.75, 3.05) is 37.7 Å². The third kappa shape index (κ3) is 4.07. The molecule has 0 bridgehead atoms. The Morgan fingerprint density at radius 3 is 2.73 bits per heavy atom. The molecule has 2 rings (SSSR count). The van der Waals surface area contributed by atoms with Crippen molar-refractivity contribution < 1.29 is 9.53 Å². The molecule has 0 radical (unpaired) electrons. The van der Waals surface area contributed by atoms with Gasteiger partial charge in [-0.2, -0.15) is 4.98 Å². The molecule has 0 saturated carbocycles. The Hall–Kier alpha value is -1.89. The van der Waals surface area contributed by atoms with Gasteiger partial charge in [-0.25, -0.2) is 4.98 Å². The van der Waals surface area contributed by atoms with E-state index < -0.39 is 0 Å². The highest BCUT2D eigenvalue weighted by Gasteiger charge is 2.25. The third-order valence-corrected chi connectivity index (χ3v) is 3.70. The Bertz CT molecular complexity index is 489. The summed E-state index contributed by atoms with van der Waals surface area (Å²) in [7, 11) is 0. The minimum absolute atomic E-state index is 0.0467. The summed E-state index contributed by atoms with van der Waals surface area (Å²) in [4.78, 5) is 24.8. The zero-order valence-corrected chi connectivity index (χ0v) is 13.4. The van der Waals surface area contributed by atoms with Crippen LogP contribution in [0.2, 0.25) is 0 Å². The van der Waals surface area contributed by atoms with Crippen molar-refractivity contribution in [3.63, 3.8) is 0 Å². The number of anilines is 1. The Morgan fingerprint density at radius 1 is 1.36 bits per heavy atom. The fourth-order valence-electron chi connectivity index (χ4n) is 2.51. The number of amides is 1. The highest BCUT2D eigenvalue weighted by molar-refractivity contribution is 5.81. The first-order chi connectivity index (χ1) is 10.7. The highest BCUT2D eigenvalue weighted by atomic mass is 16.5. The van der Waals surface area contributed by atoms with Gasteiger partial charge in [0.2, 0.25) is 17.7 Å². The van der Waals surface area contributed by atoms with E-state index in [2.05, 4.69) is 14.9 Å². The maximum absolute atomic E-state index is 12.2. The van der Waals surface area contributed by atoms with Crippen LogP contribution in [-0.4, -0.2) is 59.6 Å². The minimum Gasteiger partial charge on any atom is -0.478 e. The van der Waals surface area contributed by atoms with E-state index in [-0.39, 0.29) is 11.9 Å². The van der Waals surface area contributed by atoms with Crippen LogP contribution in [-0.2, 0) is 4.79 Å². The standard InChI is InChI=1S/C15H25N5O2/c1-3-5-12(16)14(21)19-8-10-20(11-9-19)15-17-7-6-13(18-15)22-4-2/h6-7,12H,3-5,8-11,16H2,1-2H3. The Kier molecular flexibility index (Phi) is 5.94. The quantitative estimate of drug-likeness (QED) is 0.831. The molecule has 122 valence electrons. The van der Waals surface area contributed by atoms with Gasteiger partial charge in [0.25, 0.3) is 0 Å². The van der Waals surface area contributed by atoms with E-state index in [4.69, 9.17) is 10.5 Å². The molecule has 1 fully saturated rings. The van der Waals surface area contributed by atoms with Crippen molar-refractivity contribution in [2.45, 2.75) is 32.7 Å². The number of ether oxygens (including phenoxy) is 1. The molecule has 1 aromatic heterocycles. The van der Waals surface area contributed by atoms with Crippen molar-refractivity contribution in [3.05, 3.63) is 12.3 Å². The van der Waals surface area contributed by atoms with Gasteiger partial charge in [-0.3, -0.25) is 4.79 Å². The molecule has 2 heterocycles. The van der Waals surface area contributed by atoms with Gasteiger partial charge in [-0.1, -0.05) is 13.3 Å². The normalized spacial score (nSPS) is 16.5. The number of hydrogen-bond acceptors (Lipinski definition) is 6. The lowest BCUT2D eigenvalue weighted by Crippen LogP contribution is -2.53. The van der Waals surface area contributed by atoms with Gasteiger partial charge < -0.3 is 20.3 Å². The predicted molar refractivity (Wildman–Crippen MR) is 84.9 cm³/mol. The molecule has 1 aromatic rings. The molecule has 0 aliphatic carbocycles. The summed E-state index contributed by atoms with van der Waals surface area (Å²) in [5.74, 6) is 1.28. The second kappa shape index (κ2) is 7.93. The second-order valence-electron chi connectivity index (χ2n) is 5.34. The van der Waals surface area contributed by atoms with Gasteiger partial charge in [-0.05, 0) is 13.3 Å². The van der Waals surface area contributed by atoms with Crippen LogP contribution in [0, 0.1) is 0 Å². The maximum atomic E-state index is 12.2. The van der Waals surface area contributed by atoms with Gasteiger partial charge >= 0.3 is 0 Å². The van der Waals surface area contributed by atoms with E-state index in [0.717, 1.165) is 12.8 Å². The molecule has 1 aliphatic heterocycles. The number of nitrogens with zero attached hydrogens (tertiary/aromatic N) is 4. The summed E-state index contributed by atoms with van der Waals surface area (Å²) in [6, 6.07) is 1.37. The molecule has 0 spiro atoms. The molecule has 1 atom stereocenters. The summed E-state index contributed by atoms with van der Waals surface area (Å²) < 4.78 is 5.40. The molecule has 1 saturated heterocycles. The van der Waals surface area contributed by atoms with E-state index in [1.807, 2.05) is 18.7 Å². The Morgan fingerprint density at radius 2 is 2.09 bits per heavy atom. The van der Waals surface area contributed by atoms with Gasteiger partial charge in [0, 0.05) is 38.4 Å². The summed E-state index contributed by atoms with van der Waals surface area (Å²) in [6.45, 7) is 7.25. The SMILES string of the molecule is CCCC(N)C(=O)N1CCN(c2nccc(OCC)n2)CC1. The molecular weight excluding hydrogens is 282 g/mol. The monoisotopic (exact) mass is 307 g/mol. The van der Waals surface area contributed by atoms with E-state index in [1.54, 1.807) is 12.3 Å². The van der Waals surface area contributed by atoms with Crippen molar-refractivity contribution in [2.24, 2.45) is 5.73 Å². The lowest BCUT2D eigenvalue weighted by molar-refractivity contribution is -0.133. The van der Waals surface area contributed by atoms with E-state index in [9.17, 15) is 4.79 Å². The lowest BCUT2D eigenvalue weighted by Gasteiger charge is -2.35. The van der Waals surface area contributed by atoms with Crippen LogP contribution in [0.4, 0.5) is 5.95 Å². The van der Waals surface area contributed by atoms with Crippen LogP contribution in [0.3, 0.4) is 0 Å². The van der Waals surface area contributed by atoms with Crippen LogP contribution in [0.5, 0.6) is 5.88 Å². The molecule has 1 unspecified atom stereocenters. The average Bonchev–Trinajstić information content (AvgIpc) is 2.55. The van der Waals surface area contributed by atoms with Crippen molar-refractivity contribution in [1.29, 1.82) is 0 Å². The smallest absolute Gasteiger partial charge is 0.239 e. The van der Waals surface area contributed by atoms with Crippen LogP contribution >= 0.6 is 0 Å². The number of piperazine rings is 1. The average molecular weight is 307 g/mol. The minimum atomic E-state index is -0.380. The van der Waals surface area contributed by atoms with Gasteiger partial charge in [0.1, 0.15) is 0 Å². The van der Waals surface area contributed by atoms with Crippen molar-refractivity contribution >= 4 is 11.9 Å². The van der Waals surface area contributed by atoms with E-state index in [0.29, 0.717) is 44.6 Å². The molecular formula is C15H25N5O2. The molecule has 7 heteroatoms. The molecule has 7 nitrogen and oxygen atoms in total. The van der Waals surface area contributed by atoms with Crippen LogP contribution in [0.1, 0.15) is 26.7 Å². The fraction of sp³-hybridized carbons (Fsp3) is 0.667. The van der Waals surface area contributed by atoms with Gasteiger partial charge in [-0.15, -0.1) is 0 Å². The van der Waals surface area contributed by atoms with E-state index in [1.165, 1.54) is 0 Å². The molecule has 2 N–H and O–H groups in total. The number of carbonyl (C=O) groups excluding carboxylic acids is 1. The van der Waals surface area contributed by atoms with Gasteiger partial charge in [0.15, 0.2) is 0 Å². The first kappa shape index (κ1) is 16.5. The fourth-order valence-corrected chi connectivity index (χ4v) is 2.51. The summed E-state index contributed by atoms with van der Waals surface area (Å²) >= 11 is 0. The molecule has 1 aliphatic rings. The molecule has 22 heavy (non-hydrogen) atoms. The van der Waals surface area contributed by atoms with Crippen LogP contribution in [0.15, 0.2) is 12.3 Å². The Balaban J connectivity index is 1.91. The highest BCUT2D eigenvalue weighted by Crippen LogP contribution is 2.15. The van der Waals surface area contributed by atoms with Crippen molar-refractivity contribution in [1.82, 2.24) is 14.9 Å². The number of nitrogens with two attached hydrogens (primary N) is 1. The lowest BCUT2D eigenvalue weighted by atomic mass is 10.1. The molecule has 1 amide bonds. The Labute approximate surface area is 131 Å². The zero-order valence-electron chi connectivity index (χ0n) is 13.4. The van der Waals surface area contributed by atoms with Crippen molar-refractivity contribution in [3.8, 4) is 5.88 Å². The number of hydrogen-bond donors (Lipinski definition) is 1. The maximum Gasteiger partial charge on any atom is 0.239 e. The summed E-state index contributed by atoms with van der Waals surface area (Å²) in [6.07, 6.45) is 3.35. The first-order valence-electron chi connectivity index (χ1n) is 7.90. The number of carbonyl (C=O) groups is 1. The zero-order chi connectivity index (χ0) is 15.9.